The molecule has 2 saturated heterocycles. The first kappa shape index (κ1) is 14.6. The maximum atomic E-state index is 5.69. The van der Waals surface area contributed by atoms with Gasteiger partial charge < -0.3 is 23.8 Å². The van der Waals surface area contributed by atoms with Crippen molar-refractivity contribution in [3.63, 3.8) is 0 Å². The van der Waals surface area contributed by atoms with Crippen LogP contribution in [-0.2, 0) is 14.2 Å². The highest BCUT2D eigenvalue weighted by Crippen LogP contribution is 2.24. The van der Waals surface area contributed by atoms with Crippen LogP contribution in [0, 0.1) is 0 Å². The largest absolute Gasteiger partial charge is 0.491 e. The first-order valence-corrected chi connectivity index (χ1v) is 7.48. The van der Waals surface area contributed by atoms with Crippen molar-refractivity contribution in [2.45, 2.75) is 25.2 Å². The summed E-state index contributed by atoms with van der Waals surface area (Å²) in [4.78, 5) is 2.33. The fraction of sp³-hybridized carbons (Fsp3) is 0.625. The van der Waals surface area contributed by atoms with E-state index >= 15 is 0 Å². The second-order valence-corrected chi connectivity index (χ2v) is 5.67. The van der Waals surface area contributed by atoms with Crippen molar-refractivity contribution in [3.8, 4) is 5.75 Å². The Hall–Kier alpha value is -1.30. The molecule has 0 spiro atoms. The van der Waals surface area contributed by atoms with Crippen LogP contribution in [0.25, 0.3) is 0 Å². The zero-order valence-corrected chi connectivity index (χ0v) is 12.7. The molecule has 2 fully saturated rings. The number of hydrogen-bond acceptors (Lipinski definition) is 5. The monoisotopic (exact) mass is 293 g/mol. The topological polar surface area (TPSA) is 46.8 Å². The van der Waals surface area contributed by atoms with Gasteiger partial charge in [-0.2, -0.15) is 0 Å². The quantitative estimate of drug-likeness (QED) is 0.649. The third-order valence-electron chi connectivity index (χ3n) is 3.74. The molecular formula is C16H23NO4. The van der Waals surface area contributed by atoms with Crippen LogP contribution in [0.4, 0.5) is 5.69 Å². The molecule has 2 aliphatic heterocycles. The molecule has 1 aromatic rings. The van der Waals surface area contributed by atoms with E-state index in [1.165, 1.54) is 5.69 Å². The Bertz CT molecular complexity index is 428. The summed E-state index contributed by atoms with van der Waals surface area (Å²) in [7, 11) is 1.69. The first-order valence-electron chi connectivity index (χ1n) is 7.48. The molecule has 116 valence electrons. The number of hydrogen-bond donors (Lipinski definition) is 0. The molecule has 2 aliphatic rings. The maximum Gasteiger partial charge on any atom is 0.119 e. The molecule has 0 N–H and O–H groups in total. The highest BCUT2D eigenvalue weighted by Gasteiger charge is 2.30. The van der Waals surface area contributed by atoms with Gasteiger partial charge in [0.25, 0.3) is 0 Å². The van der Waals surface area contributed by atoms with Gasteiger partial charge in [0.1, 0.15) is 12.4 Å². The summed E-state index contributed by atoms with van der Waals surface area (Å²) in [6.07, 6.45) is 0.852. The molecule has 5 nitrogen and oxygen atoms in total. The molecule has 0 aromatic heterocycles. The maximum absolute atomic E-state index is 5.69. The highest BCUT2D eigenvalue weighted by atomic mass is 16.6. The molecule has 3 unspecified atom stereocenters. The normalized spacial score (nSPS) is 24.5. The SMILES string of the molecule is COC(C)COc1ccc(N(CC2CO2)CC2CO2)cc1. The zero-order chi connectivity index (χ0) is 14.7. The van der Waals surface area contributed by atoms with E-state index < -0.39 is 0 Å². The fourth-order valence-corrected chi connectivity index (χ4v) is 2.16. The van der Waals surface area contributed by atoms with E-state index in [9.17, 15) is 0 Å². The van der Waals surface area contributed by atoms with Gasteiger partial charge in [-0.05, 0) is 31.2 Å². The summed E-state index contributed by atoms with van der Waals surface area (Å²) < 4.78 is 21.5. The predicted octanol–water partition coefficient (Wildman–Crippen LogP) is 1.70. The molecule has 0 saturated carbocycles. The van der Waals surface area contributed by atoms with Crippen molar-refractivity contribution in [1.82, 2.24) is 0 Å². The Balaban J connectivity index is 1.57. The average Bonchev–Trinajstić information content (AvgIpc) is 3.40. The Morgan fingerprint density at radius 2 is 1.71 bits per heavy atom. The molecule has 0 radical (unpaired) electrons. The second kappa shape index (κ2) is 6.64. The minimum atomic E-state index is 0.0974. The van der Waals surface area contributed by atoms with Gasteiger partial charge >= 0.3 is 0 Å². The van der Waals surface area contributed by atoms with E-state index in [1.807, 2.05) is 19.1 Å². The molecule has 2 heterocycles. The lowest BCUT2D eigenvalue weighted by atomic mass is 10.2. The van der Waals surface area contributed by atoms with Crippen LogP contribution < -0.4 is 9.64 Å². The standard InChI is InChI=1S/C16H23NO4/c1-12(18-2)9-19-14-5-3-13(4-6-14)17(7-15-10-20-15)8-16-11-21-16/h3-6,12,15-16H,7-11H2,1-2H3. The van der Waals surface area contributed by atoms with Gasteiger partial charge in [0.15, 0.2) is 0 Å². The van der Waals surface area contributed by atoms with Gasteiger partial charge in [-0.15, -0.1) is 0 Å². The van der Waals surface area contributed by atoms with E-state index in [2.05, 4.69) is 17.0 Å². The summed E-state index contributed by atoms with van der Waals surface area (Å²) >= 11 is 0. The van der Waals surface area contributed by atoms with E-state index in [0.29, 0.717) is 18.8 Å². The van der Waals surface area contributed by atoms with Crippen molar-refractivity contribution < 1.29 is 18.9 Å². The van der Waals surface area contributed by atoms with Crippen LogP contribution >= 0.6 is 0 Å². The van der Waals surface area contributed by atoms with Crippen LogP contribution in [0.5, 0.6) is 5.75 Å². The van der Waals surface area contributed by atoms with Gasteiger partial charge in [-0.3, -0.25) is 0 Å². The summed E-state index contributed by atoms with van der Waals surface area (Å²) in [6.45, 7) is 6.16. The molecule has 21 heavy (non-hydrogen) atoms. The number of rotatable bonds is 9. The number of methoxy groups -OCH3 is 1. The molecule has 3 atom stereocenters. The summed E-state index contributed by atoms with van der Waals surface area (Å²) in [5, 5.41) is 0. The third kappa shape index (κ3) is 4.59. The number of anilines is 1. The van der Waals surface area contributed by atoms with E-state index in [1.54, 1.807) is 7.11 Å². The van der Waals surface area contributed by atoms with Crippen LogP contribution in [0.2, 0.25) is 0 Å². The summed E-state index contributed by atoms with van der Waals surface area (Å²) in [5.41, 5.74) is 1.19. The molecule has 0 amide bonds. The van der Waals surface area contributed by atoms with E-state index in [0.717, 1.165) is 32.1 Å². The van der Waals surface area contributed by atoms with Crippen LogP contribution in [0.15, 0.2) is 24.3 Å². The van der Waals surface area contributed by atoms with Gasteiger partial charge in [0.05, 0.1) is 31.5 Å². The van der Waals surface area contributed by atoms with Gasteiger partial charge in [-0.25, -0.2) is 0 Å². The third-order valence-corrected chi connectivity index (χ3v) is 3.74. The highest BCUT2D eigenvalue weighted by molar-refractivity contribution is 5.49. The lowest BCUT2D eigenvalue weighted by Gasteiger charge is -2.23. The summed E-state index contributed by atoms with van der Waals surface area (Å²) in [6, 6.07) is 8.20. The van der Waals surface area contributed by atoms with Crippen molar-refractivity contribution in [2.24, 2.45) is 0 Å². The van der Waals surface area contributed by atoms with Crippen molar-refractivity contribution in [1.29, 1.82) is 0 Å². The van der Waals surface area contributed by atoms with Gasteiger partial charge in [0.2, 0.25) is 0 Å². The second-order valence-electron chi connectivity index (χ2n) is 5.67. The Morgan fingerprint density at radius 1 is 1.14 bits per heavy atom. The fourth-order valence-electron chi connectivity index (χ4n) is 2.16. The molecule has 5 heteroatoms. The predicted molar refractivity (Wildman–Crippen MR) is 80.1 cm³/mol. The average molecular weight is 293 g/mol. The lowest BCUT2D eigenvalue weighted by Crippen LogP contribution is -2.31. The van der Waals surface area contributed by atoms with Crippen LogP contribution in [-0.4, -0.2) is 58.3 Å². The molecule has 3 rings (SSSR count). The molecule has 0 aliphatic carbocycles. The van der Waals surface area contributed by atoms with Crippen molar-refractivity contribution >= 4 is 5.69 Å². The minimum Gasteiger partial charge on any atom is -0.491 e. The smallest absolute Gasteiger partial charge is 0.119 e. The molecule has 0 bridgehead atoms. The van der Waals surface area contributed by atoms with Crippen molar-refractivity contribution in [3.05, 3.63) is 24.3 Å². The Kier molecular flexibility index (Phi) is 4.63. The first-order chi connectivity index (χ1) is 10.2. The van der Waals surface area contributed by atoms with Crippen LogP contribution in [0.3, 0.4) is 0 Å². The van der Waals surface area contributed by atoms with E-state index in [-0.39, 0.29) is 6.10 Å². The number of epoxide rings is 2. The van der Waals surface area contributed by atoms with Crippen molar-refractivity contribution in [2.75, 3.05) is 44.9 Å². The number of benzene rings is 1. The minimum absolute atomic E-state index is 0.0974. The number of nitrogens with zero attached hydrogens (tertiary/aromatic N) is 1. The Labute approximate surface area is 125 Å². The van der Waals surface area contributed by atoms with Gasteiger partial charge in [-0.1, -0.05) is 0 Å². The van der Waals surface area contributed by atoms with Crippen LogP contribution in [0.1, 0.15) is 6.92 Å². The molecular weight excluding hydrogens is 270 g/mol. The number of ether oxygens (including phenoxy) is 4. The Morgan fingerprint density at radius 3 is 2.19 bits per heavy atom. The van der Waals surface area contributed by atoms with Gasteiger partial charge in [0, 0.05) is 25.9 Å². The zero-order valence-electron chi connectivity index (χ0n) is 12.7. The van der Waals surface area contributed by atoms with E-state index in [4.69, 9.17) is 18.9 Å². The lowest BCUT2D eigenvalue weighted by molar-refractivity contribution is 0.0717. The molecule has 1 aromatic carbocycles. The summed E-state index contributed by atoms with van der Waals surface area (Å²) in [5.74, 6) is 0.868.